The number of benzene rings is 3. The topological polar surface area (TPSA) is 100 Å². The van der Waals surface area contributed by atoms with Crippen LogP contribution < -0.4 is 16.0 Å². The summed E-state index contributed by atoms with van der Waals surface area (Å²) >= 11 is 0. The van der Waals surface area contributed by atoms with E-state index in [1.54, 1.807) is 31.2 Å². The summed E-state index contributed by atoms with van der Waals surface area (Å²) < 4.78 is 38.6. The van der Waals surface area contributed by atoms with Gasteiger partial charge in [-0.1, -0.05) is 73.2 Å². The number of carbonyl (C=O) groups excluding carboxylic acids is 3. The van der Waals surface area contributed by atoms with Crippen molar-refractivity contribution in [2.75, 3.05) is 11.9 Å². The molecule has 3 aromatic carbocycles. The predicted octanol–water partition coefficient (Wildman–Crippen LogP) is 6.66. The number of hydrogen-bond donors (Lipinski definition) is 3. The van der Waals surface area contributed by atoms with Crippen LogP contribution in [0.15, 0.2) is 97.2 Å². The van der Waals surface area contributed by atoms with E-state index in [0.717, 1.165) is 18.6 Å². The second kappa shape index (κ2) is 15.3. The van der Waals surface area contributed by atoms with Gasteiger partial charge < -0.3 is 16.0 Å². The summed E-state index contributed by atoms with van der Waals surface area (Å²) in [5.74, 6) is -1.13. The van der Waals surface area contributed by atoms with Crippen LogP contribution in [0.3, 0.4) is 0 Å². The fourth-order valence-corrected chi connectivity index (χ4v) is 3.84. The molecule has 0 bridgehead atoms. The molecule has 0 saturated heterocycles. The standard InChI is InChI=1S/C26H25F3N4O3.C7H8/c1-3-14-30-23(34)16(2)32-24(35)18-10-13-22(31-15-18)33-25(36)21-7-5-4-6-20(21)17-8-11-19(12-9-17)26(27,28)29;1-7-5-3-2-4-6-7/h4-13,15-16H,3,14H2,1-2H3,(H,30,34)(H,32,35)(H,31,33,36);2-6H,1H3. The molecule has 0 saturated carbocycles. The van der Waals surface area contributed by atoms with E-state index in [9.17, 15) is 27.6 Å². The fraction of sp³-hybridized carbons (Fsp3) is 0.212. The van der Waals surface area contributed by atoms with Gasteiger partial charge in [-0.3, -0.25) is 14.4 Å². The van der Waals surface area contributed by atoms with E-state index in [0.29, 0.717) is 17.7 Å². The first kappa shape index (κ1) is 32.5. The zero-order chi connectivity index (χ0) is 31.4. The van der Waals surface area contributed by atoms with Crippen molar-refractivity contribution in [2.24, 2.45) is 0 Å². The maximum absolute atomic E-state index is 12.9. The van der Waals surface area contributed by atoms with Gasteiger partial charge in [-0.2, -0.15) is 13.2 Å². The van der Waals surface area contributed by atoms with E-state index in [1.165, 1.54) is 36.0 Å². The van der Waals surface area contributed by atoms with Crippen LogP contribution in [0.1, 0.15) is 52.1 Å². The van der Waals surface area contributed by atoms with Gasteiger partial charge in [0.2, 0.25) is 5.91 Å². The van der Waals surface area contributed by atoms with E-state index >= 15 is 0 Å². The van der Waals surface area contributed by atoms with Crippen molar-refractivity contribution in [3.05, 3.63) is 119 Å². The highest BCUT2D eigenvalue weighted by atomic mass is 19.4. The molecule has 1 unspecified atom stereocenters. The smallest absolute Gasteiger partial charge is 0.354 e. The van der Waals surface area contributed by atoms with Crippen molar-refractivity contribution in [3.8, 4) is 11.1 Å². The third-order valence-corrected chi connectivity index (χ3v) is 6.19. The SMILES string of the molecule is CCCNC(=O)C(C)NC(=O)c1ccc(NC(=O)c2ccccc2-c2ccc(C(F)(F)F)cc2)nc1.Cc1ccccc1. The molecular weight excluding hydrogens is 557 g/mol. The number of rotatable bonds is 8. The van der Waals surface area contributed by atoms with Gasteiger partial charge >= 0.3 is 6.18 Å². The summed E-state index contributed by atoms with van der Waals surface area (Å²) in [6.45, 7) is 6.08. The molecule has 1 heterocycles. The quantitative estimate of drug-likeness (QED) is 0.214. The Morgan fingerprint density at radius 2 is 1.49 bits per heavy atom. The molecule has 7 nitrogen and oxygen atoms in total. The van der Waals surface area contributed by atoms with E-state index in [-0.39, 0.29) is 22.9 Å². The van der Waals surface area contributed by atoms with Gasteiger partial charge in [0.05, 0.1) is 11.1 Å². The van der Waals surface area contributed by atoms with Crippen molar-refractivity contribution in [2.45, 2.75) is 39.4 Å². The third kappa shape index (κ3) is 9.81. The molecule has 0 aliphatic heterocycles. The van der Waals surface area contributed by atoms with Crippen molar-refractivity contribution < 1.29 is 27.6 Å². The molecular formula is C33H33F3N4O3. The summed E-state index contributed by atoms with van der Waals surface area (Å²) in [6.07, 6.45) is -2.41. The number of aryl methyl sites for hydroxylation is 1. The minimum atomic E-state index is -4.45. The summed E-state index contributed by atoms with van der Waals surface area (Å²) in [6, 6.07) is 23.5. The zero-order valence-corrected chi connectivity index (χ0v) is 24.0. The number of halogens is 3. The summed E-state index contributed by atoms with van der Waals surface area (Å²) in [5, 5.41) is 7.90. The molecule has 4 rings (SSSR count). The molecule has 4 aromatic rings. The lowest BCUT2D eigenvalue weighted by molar-refractivity contribution is -0.137. The Kier molecular flexibility index (Phi) is 11.6. The number of hydrogen-bond acceptors (Lipinski definition) is 4. The van der Waals surface area contributed by atoms with Crippen LogP contribution in [-0.4, -0.2) is 35.3 Å². The first-order chi connectivity index (χ1) is 20.5. The monoisotopic (exact) mass is 590 g/mol. The van der Waals surface area contributed by atoms with Gasteiger partial charge in [-0.15, -0.1) is 0 Å². The first-order valence-electron chi connectivity index (χ1n) is 13.6. The normalized spacial score (nSPS) is 11.4. The molecule has 224 valence electrons. The minimum absolute atomic E-state index is 0.174. The van der Waals surface area contributed by atoms with Crippen LogP contribution in [-0.2, 0) is 11.0 Å². The van der Waals surface area contributed by atoms with Crippen LogP contribution in [0.25, 0.3) is 11.1 Å². The average molecular weight is 591 g/mol. The Bertz CT molecular complexity index is 1510. The van der Waals surface area contributed by atoms with Gasteiger partial charge in [0, 0.05) is 18.3 Å². The second-order valence-corrected chi connectivity index (χ2v) is 9.65. The van der Waals surface area contributed by atoms with E-state index in [1.807, 2.05) is 25.1 Å². The molecule has 0 spiro atoms. The van der Waals surface area contributed by atoms with Crippen LogP contribution in [0.4, 0.5) is 19.0 Å². The minimum Gasteiger partial charge on any atom is -0.354 e. The highest BCUT2D eigenvalue weighted by molar-refractivity contribution is 6.08. The number of alkyl halides is 3. The highest BCUT2D eigenvalue weighted by Gasteiger charge is 2.30. The number of aromatic nitrogens is 1. The van der Waals surface area contributed by atoms with Gasteiger partial charge in [0.25, 0.3) is 11.8 Å². The second-order valence-electron chi connectivity index (χ2n) is 9.65. The van der Waals surface area contributed by atoms with Gasteiger partial charge in [-0.05, 0) is 61.7 Å². The average Bonchev–Trinajstić information content (AvgIpc) is 3.00. The zero-order valence-electron chi connectivity index (χ0n) is 24.0. The highest BCUT2D eigenvalue weighted by Crippen LogP contribution is 2.32. The summed E-state index contributed by atoms with van der Waals surface area (Å²) in [4.78, 5) is 41.3. The van der Waals surface area contributed by atoms with Gasteiger partial charge in [0.1, 0.15) is 11.9 Å². The molecule has 0 aliphatic rings. The predicted molar refractivity (Wildman–Crippen MR) is 160 cm³/mol. The Labute approximate surface area is 248 Å². The first-order valence-corrected chi connectivity index (χ1v) is 13.6. The van der Waals surface area contributed by atoms with Crippen LogP contribution in [0, 0.1) is 6.92 Å². The third-order valence-electron chi connectivity index (χ3n) is 6.19. The lowest BCUT2D eigenvalue weighted by atomic mass is 9.98. The number of pyridine rings is 1. The number of nitrogens with one attached hydrogen (secondary N) is 3. The summed E-state index contributed by atoms with van der Waals surface area (Å²) in [5.41, 5.74) is 1.89. The van der Waals surface area contributed by atoms with Crippen molar-refractivity contribution in [1.29, 1.82) is 0 Å². The molecule has 0 aliphatic carbocycles. The molecule has 3 amide bonds. The molecule has 10 heteroatoms. The number of carbonyl (C=O) groups is 3. The Morgan fingerprint density at radius 1 is 0.837 bits per heavy atom. The maximum atomic E-state index is 12.9. The Hall–Kier alpha value is -4.99. The Balaban J connectivity index is 0.000000633. The van der Waals surface area contributed by atoms with Crippen molar-refractivity contribution >= 4 is 23.5 Å². The largest absolute Gasteiger partial charge is 0.416 e. The van der Waals surface area contributed by atoms with Crippen molar-refractivity contribution in [1.82, 2.24) is 15.6 Å². The molecule has 43 heavy (non-hydrogen) atoms. The van der Waals surface area contributed by atoms with Crippen LogP contribution in [0.5, 0.6) is 0 Å². The number of anilines is 1. The van der Waals surface area contributed by atoms with Gasteiger partial charge in [0.15, 0.2) is 0 Å². The molecule has 1 atom stereocenters. The maximum Gasteiger partial charge on any atom is 0.416 e. The summed E-state index contributed by atoms with van der Waals surface area (Å²) in [7, 11) is 0. The molecule has 0 radical (unpaired) electrons. The van der Waals surface area contributed by atoms with Crippen LogP contribution in [0.2, 0.25) is 0 Å². The van der Waals surface area contributed by atoms with E-state index in [2.05, 4.69) is 40.0 Å². The van der Waals surface area contributed by atoms with Crippen molar-refractivity contribution in [3.63, 3.8) is 0 Å². The fourth-order valence-electron chi connectivity index (χ4n) is 3.84. The van der Waals surface area contributed by atoms with E-state index < -0.39 is 29.6 Å². The molecule has 3 N–H and O–H groups in total. The van der Waals surface area contributed by atoms with Gasteiger partial charge in [-0.25, -0.2) is 4.98 Å². The van der Waals surface area contributed by atoms with E-state index in [4.69, 9.17) is 0 Å². The lowest BCUT2D eigenvalue weighted by Gasteiger charge is -2.14. The number of nitrogens with zero attached hydrogens (tertiary/aromatic N) is 1. The lowest BCUT2D eigenvalue weighted by Crippen LogP contribution is -2.45. The number of amides is 3. The molecule has 1 aromatic heterocycles. The Morgan fingerprint density at radius 3 is 2.05 bits per heavy atom. The molecule has 0 fully saturated rings. The van der Waals surface area contributed by atoms with Crippen LogP contribution >= 0.6 is 0 Å².